The average Bonchev–Trinajstić information content (AvgIpc) is 4.13. The number of pyridine rings is 4. The van der Waals surface area contributed by atoms with Crippen molar-refractivity contribution in [3.63, 3.8) is 0 Å². The minimum Gasteiger partial charge on any atom is -0.696 e. The molecule has 6 heterocycles. The SMILES string of the molecule is CCCCCCCCCc1ccnc(-c2cc(CCCCCCCCC)ccn2)c1.CCOC(=O)C(C#N)=Cc1ccc(-c2ccnc(-c3cc(-c4ccc(/C=C(/C#N)C(=O)OCC)s4)ccn3)c2)s1.N#C[S-].N#C[S-].[Ru+2]. The summed E-state index contributed by atoms with van der Waals surface area (Å²) >= 11 is 10.3. The Morgan fingerprint density at radius 3 is 1.16 bits per heavy atom. The van der Waals surface area contributed by atoms with Crippen molar-refractivity contribution in [2.24, 2.45) is 0 Å². The molecule has 6 rings (SSSR count). The van der Waals surface area contributed by atoms with Crippen LogP contribution in [0, 0.1) is 44.0 Å². The Hall–Kier alpha value is -6.56. The van der Waals surface area contributed by atoms with Crippen LogP contribution in [0.4, 0.5) is 0 Å². The smallest absolute Gasteiger partial charge is 0.696 e. The van der Waals surface area contributed by atoms with E-state index in [1.54, 1.807) is 26.2 Å². The third kappa shape index (κ3) is 25.4. The maximum Gasteiger partial charge on any atom is 2.00 e. The van der Waals surface area contributed by atoms with E-state index >= 15 is 0 Å². The van der Waals surface area contributed by atoms with Gasteiger partial charge < -0.3 is 34.7 Å². The molecule has 12 nitrogen and oxygen atoms in total. The van der Waals surface area contributed by atoms with Gasteiger partial charge in [0.25, 0.3) is 0 Å². The quantitative estimate of drug-likeness (QED) is 0.00944. The second kappa shape index (κ2) is 40.7. The maximum atomic E-state index is 11.9. The number of esters is 2. The topological polar surface area (TPSA) is 199 Å². The summed E-state index contributed by atoms with van der Waals surface area (Å²) in [7, 11) is 0. The Kier molecular flexibility index (Phi) is 35.1. The summed E-state index contributed by atoms with van der Waals surface area (Å²) in [5.74, 6) is -1.29. The molecule has 6 aromatic rings. The monoisotopic (exact) mass is 1190 g/mol. The molecular weight excluding hydrogens is 1130 g/mol. The number of thiophene rings is 2. The number of ether oxygens (including phenoxy) is 2. The Morgan fingerprint density at radius 1 is 0.494 bits per heavy atom. The van der Waals surface area contributed by atoms with Crippen molar-refractivity contribution in [2.45, 2.75) is 130 Å². The standard InChI is InChI=1S/C30H22N4O4S2.C28H44N2.2CHNS.Ru/c1-3-37-29(35)21(17-31)13-23-5-7-27(39-23)19-9-11-33-25(15-19)26-16-20(10-12-34-26)28-8-6-24(40-28)14-22(18-32)30(36)38-4-2;1-3-5-7-9-11-13-15-17-25-19-21-29-27(23-25)28-24-26(20-22-30-28)18-16-14-12-10-8-6-4-2;2*2-1-3;/h5-16H,3-4H2,1-2H3;19-24H,3-18H2,1-2H3;2*3H;/q;;;;+2/p-2/b21-13-,22-14?;;;;. The van der Waals surface area contributed by atoms with Crippen molar-refractivity contribution in [1.29, 1.82) is 21.0 Å². The Labute approximate surface area is 488 Å². The van der Waals surface area contributed by atoms with Crippen LogP contribution < -0.4 is 0 Å². The van der Waals surface area contributed by atoms with E-state index in [-0.39, 0.29) is 43.8 Å². The van der Waals surface area contributed by atoms with E-state index in [2.05, 4.69) is 83.3 Å². The Morgan fingerprint density at radius 2 is 0.818 bits per heavy atom. The van der Waals surface area contributed by atoms with Crippen molar-refractivity contribution in [1.82, 2.24) is 19.9 Å². The third-order valence-electron chi connectivity index (χ3n) is 11.5. The number of aromatic nitrogens is 4. The molecule has 0 N–H and O–H groups in total. The van der Waals surface area contributed by atoms with Gasteiger partial charge >= 0.3 is 31.4 Å². The molecule has 0 atom stereocenters. The van der Waals surface area contributed by atoms with Gasteiger partial charge in [0.2, 0.25) is 0 Å². The number of carbonyl (C=O) groups is 2. The molecule has 0 fully saturated rings. The van der Waals surface area contributed by atoms with Crippen LogP contribution in [0.15, 0.2) is 109 Å². The van der Waals surface area contributed by atoms with Gasteiger partial charge in [-0.3, -0.25) is 19.9 Å². The molecule has 0 amide bonds. The van der Waals surface area contributed by atoms with E-state index in [4.69, 9.17) is 20.0 Å². The molecule has 0 bridgehead atoms. The van der Waals surface area contributed by atoms with Crippen LogP contribution in [0.1, 0.15) is 138 Å². The van der Waals surface area contributed by atoms with E-state index in [0.29, 0.717) is 11.4 Å². The van der Waals surface area contributed by atoms with Crippen molar-refractivity contribution in [2.75, 3.05) is 13.2 Å². The first-order valence-corrected chi connectivity index (χ1v) is 28.2. The zero-order chi connectivity index (χ0) is 55.2. The number of thiocyanates is 2. The van der Waals surface area contributed by atoms with Gasteiger partial charge in [-0.05, 0) is 147 Å². The van der Waals surface area contributed by atoms with E-state index in [1.807, 2.05) is 73.1 Å². The summed E-state index contributed by atoms with van der Waals surface area (Å²) in [6, 6.07) is 27.8. The van der Waals surface area contributed by atoms with E-state index in [9.17, 15) is 20.1 Å². The minimum atomic E-state index is -0.643. The fourth-order valence-electron chi connectivity index (χ4n) is 7.71. The summed E-state index contributed by atoms with van der Waals surface area (Å²) in [5.41, 5.74) is 7.94. The van der Waals surface area contributed by atoms with Crippen LogP contribution in [0.2, 0.25) is 0 Å². The molecule has 0 spiro atoms. The van der Waals surface area contributed by atoms with Gasteiger partial charge in [0.15, 0.2) is 0 Å². The predicted octanol–water partition coefficient (Wildman–Crippen LogP) is 15.3. The third-order valence-corrected chi connectivity index (χ3v) is 13.6. The number of nitrogens with zero attached hydrogens (tertiary/aromatic N) is 8. The summed E-state index contributed by atoms with van der Waals surface area (Å²) in [4.78, 5) is 45.5. The molecule has 0 aliphatic rings. The van der Waals surface area contributed by atoms with E-state index in [1.165, 1.54) is 147 Å². The fraction of sp³-hybridized carbons (Fsp3) is 0.367. The van der Waals surface area contributed by atoms with Gasteiger partial charge in [-0.25, -0.2) is 20.1 Å². The molecular formula is C60H66N8O4RuS4. The van der Waals surface area contributed by atoms with Gasteiger partial charge in [0.1, 0.15) is 23.3 Å². The molecule has 402 valence electrons. The van der Waals surface area contributed by atoms with Crippen LogP contribution >= 0.6 is 22.7 Å². The van der Waals surface area contributed by atoms with E-state index in [0.717, 1.165) is 54.9 Å². The van der Waals surface area contributed by atoms with Crippen LogP contribution in [0.3, 0.4) is 0 Å². The Balaban J connectivity index is 0.000000488. The van der Waals surface area contributed by atoms with Crippen LogP contribution in [0.5, 0.6) is 0 Å². The number of rotatable bonds is 26. The van der Waals surface area contributed by atoms with Crippen LogP contribution in [0.25, 0.3) is 55.8 Å². The minimum absolute atomic E-state index is 0. The average molecular weight is 1190 g/mol. The predicted molar refractivity (Wildman–Crippen MR) is 311 cm³/mol. The van der Waals surface area contributed by atoms with Crippen molar-refractivity contribution in [3.8, 4) is 66.6 Å². The summed E-state index contributed by atoms with van der Waals surface area (Å²) in [6.45, 7) is 8.34. The molecule has 0 radical (unpaired) electrons. The van der Waals surface area contributed by atoms with Crippen molar-refractivity contribution < 1.29 is 38.5 Å². The van der Waals surface area contributed by atoms with E-state index < -0.39 is 11.9 Å². The number of aryl methyl sites for hydroxylation is 2. The Bertz CT molecular complexity index is 2750. The van der Waals surface area contributed by atoms with Gasteiger partial charge in [-0.1, -0.05) is 102 Å². The summed E-state index contributed by atoms with van der Waals surface area (Å²) in [5, 5.41) is 35.5. The molecule has 6 aromatic heterocycles. The zero-order valence-corrected chi connectivity index (χ0v) is 49.3. The largest absolute Gasteiger partial charge is 2.00 e. The molecule has 0 aromatic carbocycles. The van der Waals surface area contributed by atoms with Crippen molar-refractivity contribution in [3.05, 3.63) is 130 Å². The molecule has 0 unspecified atom stereocenters. The second-order valence-corrected chi connectivity index (χ2v) is 19.7. The molecule has 77 heavy (non-hydrogen) atoms. The summed E-state index contributed by atoms with van der Waals surface area (Å²) in [6.07, 6.45) is 31.7. The first kappa shape index (κ1) is 66.6. The first-order valence-electron chi connectivity index (χ1n) is 25.7. The molecule has 0 saturated carbocycles. The molecule has 0 aliphatic carbocycles. The van der Waals surface area contributed by atoms with Crippen molar-refractivity contribution >= 4 is 72.0 Å². The fourth-order valence-corrected chi connectivity index (χ4v) is 9.60. The number of nitriles is 4. The van der Waals surface area contributed by atoms with Gasteiger partial charge in [0, 0.05) is 44.3 Å². The summed E-state index contributed by atoms with van der Waals surface area (Å²) < 4.78 is 9.87. The number of hydrogen-bond acceptors (Lipinski definition) is 16. The van der Waals surface area contributed by atoms with Crippen LogP contribution in [-0.2, 0) is 76.6 Å². The zero-order valence-electron chi connectivity index (χ0n) is 44.3. The molecule has 0 aliphatic heterocycles. The molecule has 0 saturated heterocycles. The normalized spacial score (nSPS) is 10.4. The molecule has 17 heteroatoms. The van der Waals surface area contributed by atoms with Gasteiger partial charge in [-0.2, -0.15) is 10.5 Å². The number of unbranched alkanes of at least 4 members (excludes halogenated alkanes) is 12. The van der Waals surface area contributed by atoms with Gasteiger partial charge in [-0.15, -0.1) is 22.7 Å². The second-order valence-electron chi connectivity index (χ2n) is 17.1. The maximum absolute atomic E-state index is 11.9. The number of carbonyl (C=O) groups excluding carboxylic acids is 2. The van der Waals surface area contributed by atoms with Crippen LogP contribution in [-0.4, -0.2) is 45.1 Å². The van der Waals surface area contributed by atoms with Gasteiger partial charge in [0.05, 0.1) is 36.0 Å². The number of hydrogen-bond donors (Lipinski definition) is 0. The first-order chi connectivity index (χ1) is 37.1.